The second kappa shape index (κ2) is 10.7. The minimum atomic E-state index is -0.250. The molecule has 0 bridgehead atoms. The molecule has 27 heavy (non-hydrogen) atoms. The average molecular weight is 370 g/mol. The van der Waals surface area contributed by atoms with E-state index in [9.17, 15) is 9.59 Å². The number of hydrogen-bond donors (Lipinski definition) is 0. The Morgan fingerprint density at radius 2 is 2.07 bits per heavy atom. The Morgan fingerprint density at radius 1 is 1.22 bits per heavy atom. The number of aromatic nitrogens is 2. The van der Waals surface area contributed by atoms with Crippen molar-refractivity contribution in [2.75, 3.05) is 20.3 Å². The van der Waals surface area contributed by atoms with Gasteiger partial charge in [0.15, 0.2) is 17.3 Å². The fourth-order valence-electron chi connectivity index (χ4n) is 2.19. The number of nitrogens with zero attached hydrogens (tertiary/aromatic N) is 2. The van der Waals surface area contributed by atoms with Crippen LogP contribution in [0.25, 0.3) is 6.08 Å². The normalized spacial score (nSPS) is 10.6. The molecule has 0 N–H and O–H groups in total. The fraction of sp³-hybridized carbons (Fsp3) is 0.300. The first kappa shape index (κ1) is 20.1. The lowest BCUT2D eigenvalue weighted by atomic mass is 10.1. The monoisotopic (exact) mass is 370 g/mol. The van der Waals surface area contributed by atoms with Gasteiger partial charge >= 0.3 is 5.97 Å². The van der Waals surface area contributed by atoms with E-state index in [1.54, 1.807) is 37.4 Å². The standard InChI is InChI=1S/C20H22N2O5/c1-3-26-20(24)7-5-11-27-18-12-16(22-14-19(18)25-2)8-9-17(23)15-6-4-10-21-13-15/h4,6,8-10,12-14H,3,5,7,11H2,1-2H3/b9-8+. The van der Waals surface area contributed by atoms with Crippen LogP contribution in [0.4, 0.5) is 0 Å². The molecule has 2 heterocycles. The number of carbonyl (C=O) groups is 2. The number of esters is 1. The summed E-state index contributed by atoms with van der Waals surface area (Å²) in [4.78, 5) is 31.6. The second-order valence-electron chi connectivity index (χ2n) is 5.46. The number of carbonyl (C=O) groups excluding carboxylic acids is 2. The molecular weight excluding hydrogens is 348 g/mol. The zero-order valence-electron chi connectivity index (χ0n) is 15.4. The van der Waals surface area contributed by atoms with Gasteiger partial charge in [0.1, 0.15) is 0 Å². The van der Waals surface area contributed by atoms with Crippen LogP contribution in [0.2, 0.25) is 0 Å². The van der Waals surface area contributed by atoms with E-state index in [1.807, 2.05) is 0 Å². The highest BCUT2D eigenvalue weighted by molar-refractivity contribution is 6.06. The Kier molecular flexibility index (Phi) is 7.96. The first-order valence-corrected chi connectivity index (χ1v) is 8.59. The molecule has 0 aromatic carbocycles. The predicted octanol–water partition coefficient (Wildman–Crippen LogP) is 3.10. The SMILES string of the molecule is CCOC(=O)CCCOc1cc(/C=C/C(=O)c2cccnc2)ncc1OC. The van der Waals surface area contributed by atoms with Crippen molar-refractivity contribution >= 4 is 17.8 Å². The number of ether oxygens (including phenoxy) is 3. The number of ketones is 1. The quantitative estimate of drug-likeness (QED) is 0.275. The number of hydrogen-bond acceptors (Lipinski definition) is 7. The van der Waals surface area contributed by atoms with E-state index >= 15 is 0 Å². The van der Waals surface area contributed by atoms with Crippen LogP contribution in [0.15, 0.2) is 42.9 Å². The van der Waals surface area contributed by atoms with Crippen molar-refractivity contribution in [1.82, 2.24) is 9.97 Å². The Labute approximate surface area is 158 Å². The summed E-state index contributed by atoms with van der Waals surface area (Å²) in [6, 6.07) is 5.07. The molecule has 0 spiro atoms. The highest BCUT2D eigenvalue weighted by Crippen LogP contribution is 2.27. The van der Waals surface area contributed by atoms with E-state index in [2.05, 4.69) is 9.97 Å². The van der Waals surface area contributed by atoms with Gasteiger partial charge in [0.05, 0.1) is 32.2 Å². The minimum Gasteiger partial charge on any atom is -0.491 e. The molecular formula is C20H22N2O5. The minimum absolute atomic E-state index is 0.169. The summed E-state index contributed by atoms with van der Waals surface area (Å²) in [7, 11) is 1.52. The molecule has 2 aromatic rings. The van der Waals surface area contributed by atoms with Gasteiger partial charge in [-0.05, 0) is 37.6 Å². The van der Waals surface area contributed by atoms with Crippen molar-refractivity contribution in [3.8, 4) is 11.5 Å². The van der Waals surface area contributed by atoms with Crippen LogP contribution in [0.3, 0.4) is 0 Å². The molecule has 0 fully saturated rings. The van der Waals surface area contributed by atoms with Crippen molar-refractivity contribution in [2.24, 2.45) is 0 Å². The molecule has 2 rings (SSSR count). The summed E-state index contributed by atoms with van der Waals surface area (Å²) >= 11 is 0. The largest absolute Gasteiger partial charge is 0.491 e. The van der Waals surface area contributed by atoms with Gasteiger partial charge in [0.25, 0.3) is 0 Å². The van der Waals surface area contributed by atoms with Crippen molar-refractivity contribution in [1.29, 1.82) is 0 Å². The Morgan fingerprint density at radius 3 is 2.78 bits per heavy atom. The van der Waals surface area contributed by atoms with Crippen LogP contribution >= 0.6 is 0 Å². The van der Waals surface area contributed by atoms with Crippen LogP contribution in [0.1, 0.15) is 35.8 Å². The van der Waals surface area contributed by atoms with Crippen LogP contribution in [-0.4, -0.2) is 42.0 Å². The maximum absolute atomic E-state index is 12.1. The first-order valence-electron chi connectivity index (χ1n) is 8.59. The molecule has 0 amide bonds. The maximum atomic E-state index is 12.1. The van der Waals surface area contributed by atoms with Gasteiger partial charge in [-0.2, -0.15) is 0 Å². The lowest BCUT2D eigenvalue weighted by molar-refractivity contribution is -0.143. The van der Waals surface area contributed by atoms with E-state index in [4.69, 9.17) is 14.2 Å². The third-order valence-electron chi connectivity index (χ3n) is 3.51. The molecule has 0 atom stereocenters. The zero-order valence-corrected chi connectivity index (χ0v) is 15.4. The zero-order chi connectivity index (χ0) is 19.5. The molecule has 0 radical (unpaired) electrons. The number of methoxy groups -OCH3 is 1. The number of rotatable bonds is 10. The molecule has 0 saturated carbocycles. The number of pyridine rings is 2. The van der Waals surface area contributed by atoms with E-state index in [0.717, 1.165) is 0 Å². The molecule has 0 aliphatic carbocycles. The van der Waals surface area contributed by atoms with Crippen molar-refractivity contribution in [2.45, 2.75) is 19.8 Å². The summed E-state index contributed by atoms with van der Waals surface area (Å²) in [6.45, 7) is 2.46. The molecule has 0 aliphatic rings. The van der Waals surface area contributed by atoms with Crippen molar-refractivity contribution < 1.29 is 23.8 Å². The molecule has 0 aliphatic heterocycles. The average Bonchev–Trinajstić information content (AvgIpc) is 2.70. The van der Waals surface area contributed by atoms with Crippen LogP contribution in [-0.2, 0) is 9.53 Å². The van der Waals surface area contributed by atoms with Crippen LogP contribution < -0.4 is 9.47 Å². The number of allylic oxidation sites excluding steroid dienone is 1. The summed E-state index contributed by atoms with van der Waals surface area (Å²) in [5, 5.41) is 0. The van der Waals surface area contributed by atoms with Crippen LogP contribution in [0.5, 0.6) is 11.5 Å². The summed E-state index contributed by atoms with van der Waals surface area (Å²) < 4.78 is 15.8. The fourth-order valence-corrected chi connectivity index (χ4v) is 2.19. The highest BCUT2D eigenvalue weighted by atomic mass is 16.5. The summed E-state index contributed by atoms with van der Waals surface area (Å²) in [5.41, 5.74) is 1.05. The Bertz CT molecular complexity index is 790. The van der Waals surface area contributed by atoms with E-state index in [-0.39, 0.29) is 18.2 Å². The molecule has 142 valence electrons. The maximum Gasteiger partial charge on any atom is 0.305 e. The summed E-state index contributed by atoms with van der Waals surface area (Å²) in [5.74, 6) is 0.546. The molecule has 0 saturated heterocycles. The van der Waals surface area contributed by atoms with Crippen molar-refractivity contribution in [3.05, 3.63) is 54.1 Å². The third-order valence-corrected chi connectivity index (χ3v) is 3.51. The van der Waals surface area contributed by atoms with Gasteiger partial charge in [0, 0.05) is 30.4 Å². The first-order chi connectivity index (χ1) is 13.1. The van der Waals surface area contributed by atoms with E-state index < -0.39 is 0 Å². The predicted molar refractivity (Wildman–Crippen MR) is 99.8 cm³/mol. The van der Waals surface area contributed by atoms with Gasteiger partial charge in [-0.15, -0.1) is 0 Å². The molecule has 0 unspecified atom stereocenters. The van der Waals surface area contributed by atoms with E-state index in [1.165, 1.54) is 25.6 Å². The van der Waals surface area contributed by atoms with Gasteiger partial charge < -0.3 is 14.2 Å². The van der Waals surface area contributed by atoms with Gasteiger partial charge in [-0.25, -0.2) is 0 Å². The highest BCUT2D eigenvalue weighted by Gasteiger charge is 2.08. The second-order valence-corrected chi connectivity index (χ2v) is 5.46. The van der Waals surface area contributed by atoms with Gasteiger partial charge in [-0.1, -0.05) is 0 Å². The van der Waals surface area contributed by atoms with Crippen LogP contribution in [0, 0.1) is 0 Å². The summed E-state index contributed by atoms with van der Waals surface area (Å²) in [6.07, 6.45) is 8.47. The Balaban J connectivity index is 1.98. The molecule has 7 heteroatoms. The van der Waals surface area contributed by atoms with E-state index in [0.29, 0.717) is 42.4 Å². The van der Waals surface area contributed by atoms with Crippen molar-refractivity contribution in [3.63, 3.8) is 0 Å². The Hall–Kier alpha value is -3.22. The molecule has 7 nitrogen and oxygen atoms in total. The topological polar surface area (TPSA) is 87.6 Å². The lowest BCUT2D eigenvalue weighted by Crippen LogP contribution is -2.07. The van der Waals surface area contributed by atoms with Gasteiger partial charge in [0.2, 0.25) is 0 Å². The third kappa shape index (κ3) is 6.54. The smallest absolute Gasteiger partial charge is 0.305 e. The molecule has 2 aromatic heterocycles. The van der Waals surface area contributed by atoms with Gasteiger partial charge in [-0.3, -0.25) is 19.6 Å². The lowest BCUT2D eigenvalue weighted by Gasteiger charge is -2.10.